The summed E-state index contributed by atoms with van der Waals surface area (Å²) >= 11 is 12.4. The van der Waals surface area contributed by atoms with Crippen LogP contribution >= 0.6 is 23.2 Å². The Morgan fingerprint density at radius 1 is 0.846 bits per heavy atom. The Labute approximate surface area is 163 Å². The molecule has 1 aliphatic rings. The van der Waals surface area contributed by atoms with Crippen LogP contribution in [0, 0.1) is 0 Å². The molecule has 0 spiro atoms. The van der Waals surface area contributed by atoms with Crippen molar-refractivity contribution in [1.82, 2.24) is 9.88 Å². The zero-order valence-electron chi connectivity index (χ0n) is 14.5. The lowest BCUT2D eigenvalue weighted by Gasteiger charge is -2.25. The van der Waals surface area contributed by atoms with E-state index >= 15 is 0 Å². The fourth-order valence-corrected chi connectivity index (χ4v) is 3.67. The number of pyridine rings is 1. The van der Waals surface area contributed by atoms with E-state index in [0.29, 0.717) is 10.0 Å². The predicted molar refractivity (Wildman–Crippen MR) is 109 cm³/mol. The molecule has 0 atom stereocenters. The molecule has 0 unspecified atom stereocenters. The van der Waals surface area contributed by atoms with Gasteiger partial charge in [0.25, 0.3) is 0 Å². The molecular formula is C21H19Cl2N3. The number of likely N-dealkylation sites (N-methyl/N-ethyl adjacent to an activating group) is 1. The lowest BCUT2D eigenvalue weighted by Crippen LogP contribution is -2.26. The summed E-state index contributed by atoms with van der Waals surface area (Å²) in [6, 6.07) is 16.6. The van der Waals surface area contributed by atoms with Gasteiger partial charge in [0.15, 0.2) is 0 Å². The van der Waals surface area contributed by atoms with Crippen molar-refractivity contribution in [2.24, 2.45) is 0 Å². The fourth-order valence-electron chi connectivity index (χ4n) is 3.38. The van der Waals surface area contributed by atoms with E-state index in [1.807, 2.05) is 42.7 Å². The van der Waals surface area contributed by atoms with Gasteiger partial charge in [-0.15, -0.1) is 0 Å². The highest BCUT2D eigenvalue weighted by Crippen LogP contribution is 2.36. The molecular weight excluding hydrogens is 365 g/mol. The van der Waals surface area contributed by atoms with Crippen molar-refractivity contribution in [1.29, 1.82) is 0 Å². The van der Waals surface area contributed by atoms with Crippen molar-refractivity contribution in [3.8, 4) is 11.1 Å². The summed E-state index contributed by atoms with van der Waals surface area (Å²) in [5.41, 5.74) is 5.95. The standard InChI is InChI=1S/C21H19Cl2N3/c1-25-10-11-26(18-3-4-19(22)20(23)13-18)21-5-2-16(12-17(21)14-25)15-6-8-24-9-7-15/h2-9,12-13H,10-11,14H2,1H3. The minimum Gasteiger partial charge on any atom is -0.340 e. The molecule has 3 nitrogen and oxygen atoms in total. The van der Waals surface area contributed by atoms with Crippen LogP contribution in [0.15, 0.2) is 60.9 Å². The molecule has 4 rings (SSSR count). The molecule has 132 valence electrons. The van der Waals surface area contributed by atoms with Gasteiger partial charge >= 0.3 is 0 Å². The van der Waals surface area contributed by atoms with Crippen LogP contribution in [-0.2, 0) is 6.54 Å². The molecule has 1 aliphatic heterocycles. The number of benzene rings is 2. The van der Waals surface area contributed by atoms with Gasteiger partial charge in [-0.1, -0.05) is 29.3 Å². The van der Waals surface area contributed by atoms with Crippen molar-refractivity contribution < 1.29 is 0 Å². The molecule has 0 saturated heterocycles. The first-order valence-corrected chi connectivity index (χ1v) is 9.32. The fraction of sp³-hybridized carbons (Fsp3) is 0.190. The summed E-state index contributed by atoms with van der Waals surface area (Å²) in [7, 11) is 2.15. The highest BCUT2D eigenvalue weighted by atomic mass is 35.5. The molecule has 5 heteroatoms. The first kappa shape index (κ1) is 17.3. The first-order valence-electron chi connectivity index (χ1n) is 8.56. The Kier molecular flexibility index (Phi) is 4.86. The van der Waals surface area contributed by atoms with Gasteiger partial charge in [0.1, 0.15) is 0 Å². The number of halogens is 2. The third-order valence-electron chi connectivity index (χ3n) is 4.74. The van der Waals surface area contributed by atoms with Crippen LogP contribution in [0.2, 0.25) is 10.0 Å². The third kappa shape index (κ3) is 3.43. The number of nitrogens with zero attached hydrogens (tertiary/aromatic N) is 3. The van der Waals surface area contributed by atoms with Gasteiger partial charge in [0.2, 0.25) is 0 Å². The molecule has 1 aromatic heterocycles. The highest BCUT2D eigenvalue weighted by Gasteiger charge is 2.20. The molecule has 0 amide bonds. The SMILES string of the molecule is CN1CCN(c2ccc(Cl)c(Cl)c2)c2ccc(-c3ccncc3)cc2C1. The molecule has 0 radical (unpaired) electrons. The maximum absolute atomic E-state index is 6.26. The lowest BCUT2D eigenvalue weighted by atomic mass is 10.0. The van der Waals surface area contributed by atoms with Crippen LogP contribution in [-0.4, -0.2) is 30.0 Å². The summed E-state index contributed by atoms with van der Waals surface area (Å²) in [6.07, 6.45) is 3.66. The van der Waals surface area contributed by atoms with E-state index in [4.69, 9.17) is 23.2 Å². The van der Waals surface area contributed by atoms with E-state index in [-0.39, 0.29) is 0 Å². The summed E-state index contributed by atoms with van der Waals surface area (Å²) in [6.45, 7) is 2.78. The van der Waals surface area contributed by atoms with Crippen LogP contribution in [0.25, 0.3) is 11.1 Å². The summed E-state index contributed by atoms with van der Waals surface area (Å²) in [5.74, 6) is 0. The molecule has 0 N–H and O–H groups in total. The number of hydrogen-bond donors (Lipinski definition) is 0. The minimum absolute atomic E-state index is 0.579. The molecule has 0 fully saturated rings. The Bertz CT molecular complexity index is 928. The van der Waals surface area contributed by atoms with Crippen molar-refractivity contribution in [2.45, 2.75) is 6.54 Å². The van der Waals surface area contributed by atoms with E-state index in [2.05, 4.69) is 40.0 Å². The van der Waals surface area contributed by atoms with Crippen molar-refractivity contribution in [3.05, 3.63) is 76.5 Å². The molecule has 0 aliphatic carbocycles. The molecule has 0 saturated carbocycles. The molecule has 3 aromatic rings. The van der Waals surface area contributed by atoms with Gasteiger partial charge in [-0.05, 0) is 66.2 Å². The maximum atomic E-state index is 6.26. The van der Waals surface area contributed by atoms with E-state index < -0.39 is 0 Å². The zero-order valence-corrected chi connectivity index (χ0v) is 16.0. The van der Waals surface area contributed by atoms with Crippen LogP contribution < -0.4 is 4.90 Å². The number of aromatic nitrogens is 1. The average Bonchev–Trinajstić information content (AvgIpc) is 2.82. The van der Waals surface area contributed by atoms with Gasteiger partial charge in [-0.25, -0.2) is 0 Å². The summed E-state index contributed by atoms with van der Waals surface area (Å²) in [4.78, 5) is 8.77. The van der Waals surface area contributed by atoms with Crippen LogP contribution in [0.4, 0.5) is 11.4 Å². The normalized spacial score (nSPS) is 14.8. The van der Waals surface area contributed by atoms with Gasteiger partial charge in [-0.3, -0.25) is 4.98 Å². The second-order valence-corrected chi connectivity index (χ2v) is 7.38. The Morgan fingerprint density at radius 3 is 2.42 bits per heavy atom. The van der Waals surface area contributed by atoms with E-state index in [1.54, 1.807) is 0 Å². The number of fused-ring (bicyclic) bond motifs is 1. The third-order valence-corrected chi connectivity index (χ3v) is 5.48. The number of rotatable bonds is 2. The average molecular weight is 384 g/mol. The highest BCUT2D eigenvalue weighted by molar-refractivity contribution is 6.42. The number of hydrogen-bond acceptors (Lipinski definition) is 3. The first-order chi connectivity index (χ1) is 12.6. The topological polar surface area (TPSA) is 19.4 Å². The monoisotopic (exact) mass is 383 g/mol. The molecule has 0 bridgehead atoms. The Balaban J connectivity index is 1.79. The smallest absolute Gasteiger partial charge is 0.0613 e. The Morgan fingerprint density at radius 2 is 1.65 bits per heavy atom. The van der Waals surface area contributed by atoms with E-state index in [0.717, 1.165) is 25.3 Å². The van der Waals surface area contributed by atoms with Gasteiger partial charge in [-0.2, -0.15) is 0 Å². The van der Waals surface area contributed by atoms with E-state index in [9.17, 15) is 0 Å². The van der Waals surface area contributed by atoms with Crippen molar-refractivity contribution >= 4 is 34.6 Å². The second kappa shape index (κ2) is 7.28. The number of anilines is 2. The molecule has 26 heavy (non-hydrogen) atoms. The van der Waals surface area contributed by atoms with Gasteiger partial charge < -0.3 is 9.80 Å². The zero-order chi connectivity index (χ0) is 18.1. The predicted octanol–water partition coefficient (Wildman–Crippen LogP) is 5.64. The minimum atomic E-state index is 0.579. The largest absolute Gasteiger partial charge is 0.340 e. The van der Waals surface area contributed by atoms with Crippen LogP contribution in [0.3, 0.4) is 0 Å². The van der Waals surface area contributed by atoms with Crippen molar-refractivity contribution in [3.63, 3.8) is 0 Å². The summed E-state index contributed by atoms with van der Waals surface area (Å²) in [5, 5.41) is 1.16. The van der Waals surface area contributed by atoms with Gasteiger partial charge in [0.05, 0.1) is 10.0 Å². The second-order valence-electron chi connectivity index (χ2n) is 6.57. The van der Waals surface area contributed by atoms with Crippen LogP contribution in [0.1, 0.15) is 5.56 Å². The molecule has 2 heterocycles. The quantitative estimate of drug-likeness (QED) is 0.570. The maximum Gasteiger partial charge on any atom is 0.0613 e. The van der Waals surface area contributed by atoms with Crippen molar-refractivity contribution in [2.75, 3.05) is 25.0 Å². The van der Waals surface area contributed by atoms with E-state index in [1.165, 1.54) is 22.4 Å². The summed E-state index contributed by atoms with van der Waals surface area (Å²) < 4.78 is 0. The van der Waals surface area contributed by atoms with Crippen LogP contribution in [0.5, 0.6) is 0 Å². The van der Waals surface area contributed by atoms with Gasteiger partial charge in [0, 0.05) is 43.4 Å². The Hall–Kier alpha value is -2.07. The molecule has 2 aromatic carbocycles. The lowest BCUT2D eigenvalue weighted by molar-refractivity contribution is 0.343.